The smallest absolute Gasteiger partial charge is 0.224 e. The largest absolute Gasteiger partial charge is 0.436 e. The first-order valence-corrected chi connectivity index (χ1v) is 9.15. The number of ether oxygens (including phenoxy) is 1. The van der Waals surface area contributed by atoms with Crippen LogP contribution in [0.25, 0.3) is 0 Å². The number of likely N-dealkylation sites (N-methyl/N-ethyl adjacent to an activating group) is 1. The van der Waals surface area contributed by atoms with Gasteiger partial charge in [-0.2, -0.15) is 0 Å². The van der Waals surface area contributed by atoms with Gasteiger partial charge in [-0.3, -0.25) is 4.79 Å². The molecule has 2 heterocycles. The van der Waals surface area contributed by atoms with Crippen molar-refractivity contribution in [2.24, 2.45) is 0 Å². The summed E-state index contributed by atoms with van der Waals surface area (Å²) in [5.41, 5.74) is 0.703. The predicted octanol–water partition coefficient (Wildman–Crippen LogP) is 2.27. The minimum atomic E-state index is -0.453. The number of rotatable bonds is 7. The molecule has 1 N–H and O–H groups in total. The Balaban J connectivity index is 1.50. The number of nitrogens with zero attached hydrogens (tertiary/aromatic N) is 3. The van der Waals surface area contributed by atoms with Crippen molar-refractivity contribution in [1.29, 1.82) is 0 Å². The zero-order chi connectivity index (χ0) is 19.1. The van der Waals surface area contributed by atoms with Crippen molar-refractivity contribution in [3.05, 3.63) is 54.0 Å². The van der Waals surface area contributed by atoms with Crippen LogP contribution in [0.4, 0.5) is 4.39 Å². The van der Waals surface area contributed by atoms with E-state index < -0.39 is 5.82 Å². The Hall–Kier alpha value is -2.51. The highest BCUT2D eigenvalue weighted by atomic mass is 19.1. The Morgan fingerprint density at radius 2 is 1.96 bits per heavy atom. The van der Waals surface area contributed by atoms with Crippen LogP contribution in [0.5, 0.6) is 11.6 Å². The second-order valence-corrected chi connectivity index (χ2v) is 6.67. The van der Waals surface area contributed by atoms with Gasteiger partial charge in [0.25, 0.3) is 0 Å². The quantitative estimate of drug-likeness (QED) is 0.808. The van der Waals surface area contributed by atoms with E-state index in [2.05, 4.69) is 27.1 Å². The first kappa shape index (κ1) is 19.3. The molecule has 1 aliphatic heterocycles. The van der Waals surface area contributed by atoms with Gasteiger partial charge < -0.3 is 19.9 Å². The highest BCUT2D eigenvalue weighted by Gasteiger charge is 2.15. The number of carbonyl (C=O) groups excluding carboxylic acids is 1. The molecule has 2 aromatic rings. The minimum absolute atomic E-state index is 0.0189. The Morgan fingerprint density at radius 1 is 1.19 bits per heavy atom. The van der Waals surface area contributed by atoms with Gasteiger partial charge in [0.05, 0.1) is 0 Å². The molecule has 7 heteroatoms. The fourth-order valence-electron chi connectivity index (χ4n) is 2.90. The number of para-hydroxylation sites is 1. The average Bonchev–Trinajstić information content (AvgIpc) is 2.68. The molecule has 3 rings (SSSR count). The molecule has 1 saturated heterocycles. The maximum atomic E-state index is 13.8. The van der Waals surface area contributed by atoms with Crippen LogP contribution in [0.2, 0.25) is 0 Å². The molecular formula is C20H25FN4O2. The Morgan fingerprint density at radius 3 is 2.74 bits per heavy atom. The number of nitrogens with one attached hydrogen (secondary N) is 1. The molecule has 1 aromatic heterocycles. The van der Waals surface area contributed by atoms with E-state index in [9.17, 15) is 9.18 Å². The lowest BCUT2D eigenvalue weighted by atomic mass is 10.2. The number of hydrogen-bond donors (Lipinski definition) is 1. The van der Waals surface area contributed by atoms with Gasteiger partial charge in [0.1, 0.15) is 0 Å². The van der Waals surface area contributed by atoms with Gasteiger partial charge in [-0.15, -0.1) is 0 Å². The summed E-state index contributed by atoms with van der Waals surface area (Å²) in [4.78, 5) is 20.9. The molecule has 6 nitrogen and oxygen atoms in total. The van der Waals surface area contributed by atoms with Crippen molar-refractivity contribution < 1.29 is 13.9 Å². The molecule has 1 aromatic carbocycles. The van der Waals surface area contributed by atoms with Crippen molar-refractivity contribution in [3.8, 4) is 11.6 Å². The van der Waals surface area contributed by atoms with Crippen LogP contribution in [0.15, 0.2) is 42.6 Å². The third-order valence-electron chi connectivity index (χ3n) is 4.62. The minimum Gasteiger partial charge on any atom is -0.436 e. The number of aromatic nitrogens is 1. The average molecular weight is 372 g/mol. The summed E-state index contributed by atoms with van der Waals surface area (Å²) in [5.74, 6) is -0.0688. The van der Waals surface area contributed by atoms with Crippen molar-refractivity contribution in [3.63, 3.8) is 0 Å². The van der Waals surface area contributed by atoms with E-state index >= 15 is 0 Å². The number of amides is 1. The monoisotopic (exact) mass is 372 g/mol. The van der Waals surface area contributed by atoms with Crippen LogP contribution in [0, 0.1) is 5.82 Å². The van der Waals surface area contributed by atoms with Crippen LogP contribution in [-0.2, 0) is 11.3 Å². The highest BCUT2D eigenvalue weighted by Crippen LogP contribution is 2.25. The predicted molar refractivity (Wildman–Crippen MR) is 101 cm³/mol. The zero-order valence-corrected chi connectivity index (χ0v) is 15.5. The molecule has 0 spiro atoms. The normalized spacial score (nSPS) is 15.5. The Labute approximate surface area is 158 Å². The van der Waals surface area contributed by atoms with Gasteiger partial charge in [0, 0.05) is 57.4 Å². The fraction of sp³-hybridized carbons (Fsp3) is 0.400. The molecule has 1 fully saturated rings. The van der Waals surface area contributed by atoms with E-state index in [1.807, 2.05) is 6.07 Å². The topological polar surface area (TPSA) is 57.7 Å². The number of halogens is 1. The Bertz CT molecular complexity index is 763. The lowest BCUT2D eigenvalue weighted by Gasteiger charge is -2.32. The van der Waals surface area contributed by atoms with Crippen molar-refractivity contribution >= 4 is 5.91 Å². The van der Waals surface area contributed by atoms with Gasteiger partial charge >= 0.3 is 0 Å². The summed E-state index contributed by atoms with van der Waals surface area (Å²) < 4.78 is 19.4. The summed E-state index contributed by atoms with van der Waals surface area (Å²) in [7, 11) is 2.11. The molecule has 0 bridgehead atoms. The fourth-order valence-corrected chi connectivity index (χ4v) is 2.90. The van der Waals surface area contributed by atoms with E-state index in [1.165, 1.54) is 6.07 Å². The molecule has 1 aliphatic rings. The number of piperazine rings is 1. The first-order chi connectivity index (χ1) is 13.1. The lowest BCUT2D eigenvalue weighted by Crippen LogP contribution is -2.45. The number of hydrogen-bond acceptors (Lipinski definition) is 5. The molecule has 0 aliphatic carbocycles. The van der Waals surface area contributed by atoms with Crippen LogP contribution < -0.4 is 10.1 Å². The second-order valence-electron chi connectivity index (χ2n) is 6.67. The molecule has 0 atom stereocenters. The molecule has 0 unspecified atom stereocenters. The zero-order valence-electron chi connectivity index (χ0n) is 15.5. The van der Waals surface area contributed by atoms with Crippen molar-refractivity contribution in [1.82, 2.24) is 20.1 Å². The van der Waals surface area contributed by atoms with Crippen LogP contribution >= 0.6 is 0 Å². The van der Waals surface area contributed by atoms with Gasteiger partial charge in [0.2, 0.25) is 11.8 Å². The summed E-state index contributed by atoms with van der Waals surface area (Å²) in [6.45, 7) is 5.10. The molecule has 144 valence electrons. The number of benzene rings is 1. The third kappa shape index (κ3) is 5.74. The van der Waals surface area contributed by atoms with Crippen LogP contribution in [-0.4, -0.2) is 60.5 Å². The van der Waals surface area contributed by atoms with E-state index in [4.69, 9.17) is 4.74 Å². The van der Waals surface area contributed by atoms with Crippen molar-refractivity contribution in [2.45, 2.75) is 13.0 Å². The number of carbonyl (C=O) groups is 1. The highest BCUT2D eigenvalue weighted by molar-refractivity contribution is 5.76. The second kappa shape index (κ2) is 9.43. The van der Waals surface area contributed by atoms with Gasteiger partial charge in [-0.25, -0.2) is 9.37 Å². The molecule has 1 amide bonds. The maximum Gasteiger partial charge on any atom is 0.224 e. The van der Waals surface area contributed by atoms with Crippen molar-refractivity contribution in [2.75, 3.05) is 39.8 Å². The number of pyridine rings is 1. The molecular weight excluding hydrogens is 347 g/mol. The summed E-state index contributed by atoms with van der Waals surface area (Å²) in [6.07, 6.45) is 2.03. The summed E-state index contributed by atoms with van der Waals surface area (Å²) >= 11 is 0. The standard InChI is InChI=1S/C20H25FN4O2/c1-24-11-13-25(14-12-24)10-8-19(26)23-15-16-5-4-9-22-20(16)27-18-7-3-2-6-17(18)21/h2-7,9H,8,10-15H2,1H3,(H,23,26). The van der Waals surface area contributed by atoms with E-state index in [-0.39, 0.29) is 11.7 Å². The van der Waals surface area contributed by atoms with E-state index in [0.717, 1.165) is 32.7 Å². The van der Waals surface area contributed by atoms with Crippen LogP contribution in [0.1, 0.15) is 12.0 Å². The molecule has 0 saturated carbocycles. The summed E-state index contributed by atoms with van der Waals surface area (Å²) in [6, 6.07) is 9.74. The van der Waals surface area contributed by atoms with Gasteiger partial charge in [-0.1, -0.05) is 18.2 Å². The lowest BCUT2D eigenvalue weighted by molar-refractivity contribution is -0.121. The van der Waals surface area contributed by atoms with Gasteiger partial charge in [0.15, 0.2) is 11.6 Å². The third-order valence-corrected chi connectivity index (χ3v) is 4.62. The first-order valence-electron chi connectivity index (χ1n) is 9.15. The maximum absolute atomic E-state index is 13.8. The van der Waals surface area contributed by atoms with E-state index in [1.54, 1.807) is 30.5 Å². The van der Waals surface area contributed by atoms with Gasteiger partial charge in [-0.05, 0) is 25.2 Å². The Kier molecular flexibility index (Phi) is 6.73. The molecule has 0 radical (unpaired) electrons. The van der Waals surface area contributed by atoms with E-state index in [0.29, 0.717) is 24.4 Å². The summed E-state index contributed by atoms with van der Waals surface area (Å²) in [5, 5.41) is 2.90. The SMILES string of the molecule is CN1CCN(CCC(=O)NCc2cccnc2Oc2ccccc2F)CC1. The molecule has 27 heavy (non-hydrogen) atoms. The van der Waals surface area contributed by atoms with Crippen LogP contribution in [0.3, 0.4) is 0 Å².